The standard InChI is InChI=1S/C10H11N3O2/c1-11-9(14)12-7-5-2-3-6(4-5)8(7)13(12)10(11)15/h2-3,5-8H,4H2,1H3/t5-,6+,7-,8+. The van der Waals surface area contributed by atoms with Gasteiger partial charge in [0.1, 0.15) is 0 Å². The number of nitrogens with zero attached hydrogens (tertiary/aromatic N) is 3. The Morgan fingerprint density at radius 2 is 1.53 bits per heavy atom. The van der Waals surface area contributed by atoms with Gasteiger partial charge >= 0.3 is 11.4 Å². The Morgan fingerprint density at radius 1 is 1.07 bits per heavy atom. The van der Waals surface area contributed by atoms with Crippen LogP contribution in [-0.2, 0) is 7.05 Å². The van der Waals surface area contributed by atoms with E-state index in [2.05, 4.69) is 12.2 Å². The minimum Gasteiger partial charge on any atom is -0.246 e. The molecule has 0 aromatic carbocycles. The van der Waals surface area contributed by atoms with Crippen molar-refractivity contribution in [3.05, 3.63) is 33.1 Å². The predicted molar refractivity (Wildman–Crippen MR) is 52.7 cm³/mol. The molecule has 2 aliphatic carbocycles. The van der Waals surface area contributed by atoms with E-state index in [1.165, 1.54) is 4.57 Å². The molecule has 4 atom stereocenters. The van der Waals surface area contributed by atoms with Crippen LogP contribution in [0.25, 0.3) is 0 Å². The lowest BCUT2D eigenvalue weighted by molar-refractivity contribution is 0.112. The van der Waals surface area contributed by atoms with Crippen LogP contribution in [0, 0.1) is 11.8 Å². The summed E-state index contributed by atoms with van der Waals surface area (Å²) in [5.74, 6) is 0.944. The van der Waals surface area contributed by atoms with E-state index in [4.69, 9.17) is 0 Å². The third-order valence-electron chi connectivity index (χ3n) is 4.14. The van der Waals surface area contributed by atoms with Crippen LogP contribution < -0.4 is 11.4 Å². The third-order valence-corrected chi connectivity index (χ3v) is 4.14. The molecule has 5 nitrogen and oxygen atoms in total. The van der Waals surface area contributed by atoms with Crippen molar-refractivity contribution in [1.29, 1.82) is 0 Å². The van der Waals surface area contributed by atoms with E-state index < -0.39 is 0 Å². The van der Waals surface area contributed by atoms with Crippen molar-refractivity contribution in [1.82, 2.24) is 13.9 Å². The van der Waals surface area contributed by atoms with Crippen molar-refractivity contribution in [3.8, 4) is 0 Å². The van der Waals surface area contributed by atoms with Crippen LogP contribution in [0.2, 0.25) is 0 Å². The van der Waals surface area contributed by atoms with Crippen molar-refractivity contribution in [2.24, 2.45) is 18.9 Å². The fraction of sp³-hybridized carbons (Fsp3) is 0.600. The summed E-state index contributed by atoms with van der Waals surface area (Å²) >= 11 is 0. The van der Waals surface area contributed by atoms with Crippen LogP contribution in [-0.4, -0.2) is 13.9 Å². The van der Waals surface area contributed by atoms with Crippen molar-refractivity contribution in [2.45, 2.75) is 18.5 Å². The molecule has 78 valence electrons. The number of allylic oxidation sites excluding steroid dienone is 2. The van der Waals surface area contributed by atoms with Crippen LogP contribution in [0.3, 0.4) is 0 Å². The van der Waals surface area contributed by atoms with Gasteiger partial charge in [-0.3, -0.25) is 0 Å². The van der Waals surface area contributed by atoms with E-state index >= 15 is 0 Å². The first kappa shape index (κ1) is 7.73. The van der Waals surface area contributed by atoms with Gasteiger partial charge in [0.25, 0.3) is 0 Å². The highest BCUT2D eigenvalue weighted by Crippen LogP contribution is 2.56. The molecule has 4 rings (SSSR count). The Kier molecular flexibility index (Phi) is 1.05. The highest BCUT2D eigenvalue weighted by atomic mass is 16.2. The van der Waals surface area contributed by atoms with E-state index in [-0.39, 0.29) is 23.5 Å². The third kappa shape index (κ3) is 0.608. The fourth-order valence-electron chi connectivity index (χ4n) is 3.47. The van der Waals surface area contributed by atoms with Crippen molar-refractivity contribution in [2.75, 3.05) is 0 Å². The van der Waals surface area contributed by atoms with Gasteiger partial charge in [-0.05, 0) is 6.42 Å². The summed E-state index contributed by atoms with van der Waals surface area (Å²) < 4.78 is 4.49. The molecule has 1 aliphatic heterocycles. The summed E-state index contributed by atoms with van der Waals surface area (Å²) in [6.07, 6.45) is 5.49. The van der Waals surface area contributed by atoms with Crippen molar-refractivity contribution >= 4 is 0 Å². The minimum atomic E-state index is -0.165. The molecule has 0 amide bonds. The molecular formula is C10H11N3O2. The Labute approximate surface area is 85.2 Å². The number of hydrogen-bond donors (Lipinski definition) is 0. The first-order valence-corrected chi connectivity index (χ1v) is 5.28. The monoisotopic (exact) mass is 205 g/mol. The maximum absolute atomic E-state index is 11.8. The van der Waals surface area contributed by atoms with Crippen LogP contribution in [0.4, 0.5) is 0 Å². The Morgan fingerprint density at radius 3 is 2.00 bits per heavy atom. The molecule has 0 saturated heterocycles. The Bertz CT molecular complexity index is 554. The van der Waals surface area contributed by atoms with Gasteiger partial charge in [-0.25, -0.2) is 23.5 Å². The van der Waals surface area contributed by atoms with Crippen LogP contribution in [0.15, 0.2) is 21.7 Å². The van der Waals surface area contributed by atoms with Gasteiger partial charge in [-0.2, -0.15) is 0 Å². The summed E-state index contributed by atoms with van der Waals surface area (Å²) in [7, 11) is 1.55. The molecule has 1 fully saturated rings. The molecule has 0 spiro atoms. The average Bonchev–Trinajstić information content (AvgIpc) is 2.76. The normalized spacial score (nSPS) is 39.0. The van der Waals surface area contributed by atoms with Crippen LogP contribution in [0.5, 0.6) is 0 Å². The van der Waals surface area contributed by atoms with E-state index in [1.807, 2.05) is 0 Å². The largest absolute Gasteiger partial charge is 0.347 e. The fourth-order valence-corrected chi connectivity index (χ4v) is 3.47. The van der Waals surface area contributed by atoms with E-state index in [9.17, 15) is 9.59 Å². The van der Waals surface area contributed by atoms with E-state index in [1.54, 1.807) is 16.4 Å². The van der Waals surface area contributed by atoms with Gasteiger partial charge in [0, 0.05) is 18.9 Å². The Balaban J connectivity index is 2.05. The number of hydrogen-bond acceptors (Lipinski definition) is 2. The highest BCUT2D eigenvalue weighted by Gasteiger charge is 2.56. The molecule has 0 radical (unpaired) electrons. The molecule has 1 aromatic rings. The lowest BCUT2D eigenvalue weighted by Crippen LogP contribution is -2.49. The number of fused-ring (bicyclic) bond motifs is 8. The second-order valence-electron chi connectivity index (χ2n) is 4.74. The minimum absolute atomic E-state index is 0.165. The summed E-state index contributed by atoms with van der Waals surface area (Å²) in [6.45, 7) is 0. The molecule has 0 N–H and O–H groups in total. The molecule has 1 saturated carbocycles. The summed E-state index contributed by atoms with van der Waals surface area (Å²) in [6, 6.07) is 0.503. The van der Waals surface area contributed by atoms with E-state index in [0.29, 0.717) is 11.8 Å². The van der Waals surface area contributed by atoms with Gasteiger partial charge in [0.2, 0.25) is 0 Å². The molecule has 3 aliphatic rings. The molecule has 2 bridgehead atoms. The quantitative estimate of drug-likeness (QED) is 0.543. The van der Waals surface area contributed by atoms with E-state index in [0.717, 1.165) is 6.42 Å². The lowest BCUT2D eigenvalue weighted by Gasteiger charge is -2.39. The van der Waals surface area contributed by atoms with Crippen LogP contribution in [0.1, 0.15) is 18.5 Å². The molecular weight excluding hydrogens is 194 g/mol. The maximum Gasteiger partial charge on any atom is 0.347 e. The van der Waals surface area contributed by atoms with Gasteiger partial charge < -0.3 is 0 Å². The first-order valence-electron chi connectivity index (χ1n) is 5.28. The van der Waals surface area contributed by atoms with Gasteiger partial charge in [-0.15, -0.1) is 0 Å². The molecule has 5 heteroatoms. The maximum atomic E-state index is 11.8. The summed E-state index contributed by atoms with van der Waals surface area (Å²) in [5, 5.41) is 0. The molecule has 0 unspecified atom stereocenters. The van der Waals surface area contributed by atoms with Crippen molar-refractivity contribution < 1.29 is 0 Å². The first-order chi connectivity index (χ1) is 7.20. The molecule has 15 heavy (non-hydrogen) atoms. The highest BCUT2D eigenvalue weighted by molar-refractivity contribution is 5.20. The predicted octanol–water partition coefficient (Wildman–Crippen LogP) is -0.350. The smallest absolute Gasteiger partial charge is 0.246 e. The van der Waals surface area contributed by atoms with Gasteiger partial charge in [0.15, 0.2) is 0 Å². The van der Waals surface area contributed by atoms with Gasteiger partial charge in [-0.1, -0.05) is 12.2 Å². The van der Waals surface area contributed by atoms with Crippen molar-refractivity contribution in [3.63, 3.8) is 0 Å². The number of rotatable bonds is 0. The van der Waals surface area contributed by atoms with Crippen LogP contribution >= 0.6 is 0 Å². The second-order valence-corrected chi connectivity index (χ2v) is 4.74. The summed E-state index contributed by atoms with van der Waals surface area (Å²) in [5.41, 5.74) is -0.329. The Hall–Kier alpha value is -1.52. The molecule has 2 heterocycles. The zero-order valence-corrected chi connectivity index (χ0v) is 8.33. The molecule has 1 aromatic heterocycles. The topological polar surface area (TPSA) is 48.9 Å². The number of aromatic nitrogens is 3. The summed E-state index contributed by atoms with van der Waals surface area (Å²) in [4.78, 5) is 23.5. The SMILES string of the molecule is Cn1c(=O)n2n(c1=O)[C@H]1[C@@H]2[C@H]2C=C[C@@H]1C2. The second kappa shape index (κ2) is 2.03. The average molecular weight is 205 g/mol. The zero-order valence-electron chi connectivity index (χ0n) is 8.33. The lowest BCUT2D eigenvalue weighted by atomic mass is 9.93. The van der Waals surface area contributed by atoms with Gasteiger partial charge in [0.05, 0.1) is 12.1 Å². The zero-order chi connectivity index (χ0) is 10.3.